The second-order valence-corrected chi connectivity index (χ2v) is 27.8. The van der Waals surface area contributed by atoms with Crippen molar-refractivity contribution in [3.05, 3.63) is 340 Å². The maximum Gasteiger partial charge on any atom is 0.252 e. The normalized spacial score (nSPS) is 13.1. The summed E-state index contributed by atoms with van der Waals surface area (Å²) in [7, 11) is -4.03. The van der Waals surface area contributed by atoms with E-state index in [0.717, 1.165) is 34.1 Å². The second-order valence-electron chi connectivity index (χ2n) is 21.6. The Hall–Kier alpha value is -9.98. The summed E-state index contributed by atoms with van der Waals surface area (Å²) < 4.78 is 2.49. The first kappa shape index (κ1) is 49.8. The maximum atomic E-state index is 2.61. The first-order chi connectivity index (χ1) is 41.7. The Morgan fingerprint density at radius 2 is 0.560 bits per heavy atom. The lowest BCUT2D eigenvalue weighted by Crippen LogP contribution is -2.61. The lowest BCUT2D eigenvalue weighted by molar-refractivity contribution is 1.16. The molecule has 2 aliphatic heterocycles. The van der Waals surface area contributed by atoms with Crippen LogP contribution in [0.2, 0.25) is 0 Å². The van der Waals surface area contributed by atoms with E-state index in [1.807, 2.05) is 0 Å². The van der Waals surface area contributed by atoms with Crippen LogP contribution in [0.3, 0.4) is 0 Å². The number of hydrogen-bond acceptors (Lipinski definition) is 2. The Labute approximate surface area is 494 Å². The fourth-order valence-corrected chi connectivity index (χ4v) is 21.5. The molecule has 0 spiro atoms. The van der Waals surface area contributed by atoms with E-state index in [1.54, 1.807) is 0 Å². The molecule has 398 valence electrons. The average molecular weight is 1110 g/mol. The Morgan fingerprint density at radius 1 is 0.226 bits per heavy atom. The zero-order valence-electron chi connectivity index (χ0n) is 46.1. The van der Waals surface area contributed by atoms with Gasteiger partial charge in [-0.15, -0.1) is 20.1 Å². The molecule has 14 aromatic rings. The number of para-hydroxylation sites is 4. The van der Waals surface area contributed by atoms with Gasteiger partial charge in [0.05, 0.1) is 16.7 Å². The number of aromatic nitrogens is 1. The predicted molar refractivity (Wildman–Crippen MR) is 355 cm³/mol. The van der Waals surface area contributed by atoms with Crippen molar-refractivity contribution in [3.8, 4) is 5.69 Å². The molecule has 0 radical (unpaired) electrons. The molecule has 16 rings (SSSR count). The molecule has 0 bridgehead atoms. The van der Waals surface area contributed by atoms with Gasteiger partial charge in [-0.3, -0.25) is 0 Å². The molecule has 0 saturated carbocycles. The van der Waals surface area contributed by atoms with Crippen molar-refractivity contribution in [1.29, 1.82) is 0 Å². The topological polar surface area (TPSA) is 11.4 Å². The Kier molecular flexibility index (Phi) is 12.1. The van der Waals surface area contributed by atoms with Crippen LogP contribution < -0.4 is 26.2 Å². The number of fused-ring (bicyclic) bond motifs is 7. The summed E-state index contributed by atoms with van der Waals surface area (Å²) >= 11 is 0. The van der Waals surface area contributed by atoms with Crippen LogP contribution in [0.4, 0.5) is 34.1 Å². The standard InChI is InChI=1S/C78H56BN3S2/c1-8-28-57(29-9-1)80-74-47-27-24-44-70(74)79-71-56-67(84(63-36-16-5-17-37-63,64-38-18-6-19-39-64)65-40-20-7-21-41-65)52-53-75(71)81(77-55-59(54-76(80)78(77)79)82-72-45-25-22-42-68(72)69-43-23-26-46-73(69)82)58-48-50-66(51-49-58)83(60-30-10-2-11-31-60,61-32-12-3-13-33-61)62-34-14-4-15-35-62/h1-56H. The lowest BCUT2D eigenvalue weighted by atomic mass is 9.33. The van der Waals surface area contributed by atoms with Gasteiger partial charge >= 0.3 is 0 Å². The van der Waals surface area contributed by atoms with Gasteiger partial charge in [0.1, 0.15) is 0 Å². The summed E-state index contributed by atoms with van der Waals surface area (Å²) in [5.74, 6) is 0. The molecule has 0 saturated heterocycles. The van der Waals surface area contributed by atoms with E-state index in [9.17, 15) is 0 Å². The third kappa shape index (κ3) is 7.64. The van der Waals surface area contributed by atoms with Crippen LogP contribution in [0.1, 0.15) is 0 Å². The molecule has 0 N–H and O–H groups in total. The van der Waals surface area contributed by atoms with Gasteiger partial charge in [-0.2, -0.15) is 0 Å². The highest BCUT2D eigenvalue weighted by molar-refractivity contribution is 8.34. The van der Waals surface area contributed by atoms with Gasteiger partial charge in [-0.05, 0) is 168 Å². The van der Waals surface area contributed by atoms with Crippen LogP contribution in [0.15, 0.2) is 379 Å². The molecular formula is C78H56BN3S2. The summed E-state index contributed by atoms with van der Waals surface area (Å²) in [4.78, 5) is 15.5. The molecule has 3 heterocycles. The van der Waals surface area contributed by atoms with Crippen LogP contribution in [0.25, 0.3) is 27.5 Å². The number of hydrogen-bond donors (Lipinski definition) is 0. The third-order valence-corrected chi connectivity index (χ3v) is 25.0. The fourth-order valence-electron chi connectivity index (χ4n) is 13.7. The smallest absolute Gasteiger partial charge is 0.252 e. The van der Waals surface area contributed by atoms with Crippen LogP contribution >= 0.6 is 20.1 Å². The van der Waals surface area contributed by atoms with Crippen LogP contribution in [0.5, 0.6) is 0 Å². The van der Waals surface area contributed by atoms with Gasteiger partial charge in [0.15, 0.2) is 0 Å². The Morgan fingerprint density at radius 3 is 1.01 bits per heavy atom. The minimum Gasteiger partial charge on any atom is -0.311 e. The Bertz CT molecular complexity index is 4470. The SMILES string of the molecule is c1ccc(N2c3ccccc3B3c4cc(S(c5ccccc5)(c5ccccc5)c5ccccc5)ccc4N(c4ccc(S(c5ccccc5)(c5ccccc5)c5ccccc5)cc4)c4cc(-n5c6ccccc6c6ccccc65)cc2c43)cc1. The Balaban J connectivity index is 1.02. The third-order valence-electron chi connectivity index (χ3n) is 17.2. The summed E-state index contributed by atoms with van der Waals surface area (Å²) in [6, 6.07) is 127. The highest BCUT2D eigenvalue weighted by Gasteiger charge is 2.45. The highest BCUT2D eigenvalue weighted by Crippen LogP contribution is 2.75. The molecule has 2 aliphatic rings. The van der Waals surface area contributed by atoms with E-state index in [0.29, 0.717) is 0 Å². The highest BCUT2D eigenvalue weighted by atomic mass is 32.3. The van der Waals surface area contributed by atoms with Crippen LogP contribution in [0, 0.1) is 0 Å². The van der Waals surface area contributed by atoms with Gasteiger partial charge in [0, 0.05) is 84.1 Å². The van der Waals surface area contributed by atoms with E-state index in [2.05, 4.69) is 354 Å². The van der Waals surface area contributed by atoms with Gasteiger partial charge in [0.25, 0.3) is 6.71 Å². The molecule has 0 atom stereocenters. The van der Waals surface area contributed by atoms with E-state index < -0.39 is 20.1 Å². The molecule has 3 nitrogen and oxygen atoms in total. The monoisotopic (exact) mass is 1110 g/mol. The maximum absolute atomic E-state index is 2.61. The summed E-state index contributed by atoms with van der Waals surface area (Å²) in [5, 5.41) is 2.46. The molecule has 1 aromatic heterocycles. The fraction of sp³-hybridized carbons (Fsp3) is 0. The first-order valence-corrected chi connectivity index (χ1v) is 32.1. The zero-order chi connectivity index (χ0) is 55.6. The molecular weight excluding hydrogens is 1050 g/mol. The van der Waals surface area contributed by atoms with Crippen LogP contribution in [-0.4, -0.2) is 11.3 Å². The van der Waals surface area contributed by atoms with E-state index in [1.165, 1.54) is 83.0 Å². The molecule has 6 heteroatoms. The van der Waals surface area contributed by atoms with Crippen molar-refractivity contribution in [2.24, 2.45) is 0 Å². The molecule has 13 aromatic carbocycles. The minimum absolute atomic E-state index is 0.130. The number of nitrogens with zero attached hydrogens (tertiary/aromatic N) is 3. The van der Waals surface area contributed by atoms with E-state index in [-0.39, 0.29) is 6.71 Å². The quantitative estimate of drug-likeness (QED) is 0.120. The molecule has 0 fully saturated rings. The summed E-state index contributed by atoms with van der Waals surface area (Å²) in [6.45, 7) is -0.130. The first-order valence-electron chi connectivity index (χ1n) is 28.8. The predicted octanol–water partition coefficient (Wildman–Crippen LogP) is 19.5. The van der Waals surface area contributed by atoms with Gasteiger partial charge in [0.2, 0.25) is 0 Å². The molecule has 84 heavy (non-hydrogen) atoms. The second kappa shape index (κ2) is 20.5. The lowest BCUT2D eigenvalue weighted by Gasteiger charge is -2.46. The van der Waals surface area contributed by atoms with Gasteiger partial charge in [-0.25, -0.2) is 0 Å². The summed E-state index contributed by atoms with van der Waals surface area (Å²) in [5.41, 5.74) is 14.1. The van der Waals surface area contributed by atoms with Crippen molar-refractivity contribution in [2.45, 2.75) is 39.2 Å². The van der Waals surface area contributed by atoms with Crippen molar-refractivity contribution in [3.63, 3.8) is 0 Å². The molecule has 0 aliphatic carbocycles. The van der Waals surface area contributed by atoms with E-state index >= 15 is 0 Å². The van der Waals surface area contributed by atoms with Crippen LogP contribution in [-0.2, 0) is 0 Å². The minimum atomic E-state index is -2.07. The average Bonchev–Trinajstić information content (AvgIpc) is 2.83. The number of rotatable bonds is 11. The van der Waals surface area contributed by atoms with Gasteiger partial charge < -0.3 is 14.4 Å². The van der Waals surface area contributed by atoms with E-state index in [4.69, 9.17) is 0 Å². The van der Waals surface area contributed by atoms with Gasteiger partial charge in [-0.1, -0.05) is 188 Å². The number of benzene rings is 13. The molecule has 0 unspecified atom stereocenters. The molecule has 0 amide bonds. The number of anilines is 6. The largest absolute Gasteiger partial charge is 0.311 e. The summed E-state index contributed by atoms with van der Waals surface area (Å²) in [6.07, 6.45) is 0. The zero-order valence-corrected chi connectivity index (χ0v) is 47.7. The van der Waals surface area contributed by atoms with Crippen molar-refractivity contribution in [2.75, 3.05) is 9.80 Å². The van der Waals surface area contributed by atoms with Crippen molar-refractivity contribution >= 4 is 99.1 Å². The van der Waals surface area contributed by atoms with Crippen molar-refractivity contribution < 1.29 is 0 Å². The van der Waals surface area contributed by atoms with Crippen molar-refractivity contribution in [1.82, 2.24) is 4.57 Å².